The number of rotatable bonds is 13. The lowest BCUT2D eigenvalue weighted by Crippen LogP contribution is -2.15. The van der Waals surface area contributed by atoms with Crippen molar-refractivity contribution in [1.29, 1.82) is 0 Å². The largest absolute Gasteiger partial charge is 0.474 e. The zero-order chi connectivity index (χ0) is 30.3. The molecule has 1 N–H and O–H groups in total. The Balaban J connectivity index is 1.48. The molecule has 0 unspecified atom stereocenters. The van der Waals surface area contributed by atoms with E-state index in [9.17, 15) is 19.3 Å². The molecule has 0 fully saturated rings. The lowest BCUT2D eigenvalue weighted by atomic mass is 10.1. The molecule has 4 rings (SSSR count). The summed E-state index contributed by atoms with van der Waals surface area (Å²) in [6, 6.07) is 18.8. The molecule has 1 heterocycles. The van der Waals surface area contributed by atoms with Gasteiger partial charge in [-0.1, -0.05) is 29.8 Å². The van der Waals surface area contributed by atoms with E-state index >= 15 is 0 Å². The van der Waals surface area contributed by atoms with E-state index in [2.05, 4.69) is 0 Å². The number of fused-ring (bicyclic) bond motifs is 1. The molecule has 0 spiro atoms. The van der Waals surface area contributed by atoms with Gasteiger partial charge in [-0.3, -0.25) is 27.7 Å². The van der Waals surface area contributed by atoms with Crippen LogP contribution in [-0.2, 0) is 42.4 Å². The fraction of sp³-hybridized carbons (Fsp3) is 0.290. The fourth-order valence-corrected chi connectivity index (χ4v) is 5.87. The van der Waals surface area contributed by atoms with Gasteiger partial charge in [-0.05, 0) is 92.4 Å². The second kappa shape index (κ2) is 14.2. The van der Waals surface area contributed by atoms with Crippen LogP contribution in [0.5, 0.6) is 5.75 Å². The zero-order valence-electron chi connectivity index (χ0n) is 23.7. The number of aliphatic hydroxyl groups is 1. The van der Waals surface area contributed by atoms with E-state index in [1.807, 2.05) is 0 Å². The quantitative estimate of drug-likeness (QED) is 0.101. The summed E-state index contributed by atoms with van der Waals surface area (Å²) in [7, 11) is -3.58. The third-order valence-corrected chi connectivity index (χ3v) is 8.47. The first-order valence-corrected chi connectivity index (χ1v) is 15.4. The van der Waals surface area contributed by atoms with Gasteiger partial charge in [0.2, 0.25) is 0 Å². The predicted octanol–water partition coefficient (Wildman–Crippen LogP) is 6.67. The predicted molar refractivity (Wildman–Crippen MR) is 160 cm³/mol. The van der Waals surface area contributed by atoms with Crippen LogP contribution in [0.25, 0.3) is 10.9 Å². The molecular formula is C31H33ClNO8P. The number of aliphatic hydroxyl groups excluding tert-OH is 1. The standard InChI is InChI=1S/C31H33ClNO8P/c1-4-38-42(37,39-5-2)40-17-16-22-6-13-26(14-7-22)41-30(35)19-27-21(3)33(29-15-8-23(20-34)18-28(27)29)31(36)24-9-11-25(32)12-10-24/h6-15,18,34H,4-5,16-17,19-20H2,1-3H3. The molecule has 42 heavy (non-hydrogen) atoms. The Morgan fingerprint density at radius 2 is 1.55 bits per heavy atom. The van der Waals surface area contributed by atoms with Crippen LogP contribution in [0.4, 0.5) is 0 Å². The van der Waals surface area contributed by atoms with E-state index in [1.54, 1.807) is 92.1 Å². The summed E-state index contributed by atoms with van der Waals surface area (Å²) in [6.45, 7) is 5.56. The maximum absolute atomic E-state index is 13.5. The SMILES string of the molecule is CCOP(=O)(OCC)OCCc1ccc(OC(=O)Cc2c(C)n(C(=O)c3ccc(Cl)cc3)c3ccc(CO)cc23)cc1. The first-order valence-electron chi connectivity index (χ1n) is 13.5. The van der Waals surface area contributed by atoms with Gasteiger partial charge >= 0.3 is 13.8 Å². The van der Waals surface area contributed by atoms with Gasteiger partial charge in [-0.15, -0.1) is 0 Å². The Kier molecular flexibility index (Phi) is 10.7. The summed E-state index contributed by atoms with van der Waals surface area (Å²) in [4.78, 5) is 26.5. The van der Waals surface area contributed by atoms with Crippen LogP contribution in [0.3, 0.4) is 0 Å². The number of carbonyl (C=O) groups excluding carboxylic acids is 2. The molecule has 0 atom stereocenters. The maximum atomic E-state index is 13.5. The molecule has 0 amide bonds. The van der Waals surface area contributed by atoms with Crippen molar-refractivity contribution in [3.05, 3.63) is 99.7 Å². The van der Waals surface area contributed by atoms with Crippen molar-refractivity contribution in [2.45, 2.75) is 40.2 Å². The molecule has 3 aromatic carbocycles. The second-order valence-corrected chi connectivity index (χ2v) is 11.5. The minimum Gasteiger partial charge on any atom is -0.426 e. The van der Waals surface area contributed by atoms with Crippen LogP contribution in [0, 0.1) is 6.92 Å². The number of hydrogen-bond acceptors (Lipinski definition) is 8. The number of aromatic nitrogens is 1. The topological polar surface area (TPSA) is 113 Å². The molecule has 4 aromatic rings. The fourth-order valence-electron chi connectivity index (χ4n) is 4.57. The van der Waals surface area contributed by atoms with E-state index in [1.165, 1.54) is 0 Å². The molecular weight excluding hydrogens is 581 g/mol. The van der Waals surface area contributed by atoms with E-state index in [-0.39, 0.29) is 38.8 Å². The maximum Gasteiger partial charge on any atom is 0.474 e. The number of halogens is 1. The van der Waals surface area contributed by atoms with E-state index in [4.69, 9.17) is 29.9 Å². The van der Waals surface area contributed by atoms with Crippen molar-refractivity contribution in [2.24, 2.45) is 0 Å². The van der Waals surface area contributed by atoms with Crippen molar-refractivity contribution >= 4 is 42.2 Å². The number of carbonyl (C=O) groups is 2. The van der Waals surface area contributed by atoms with Gasteiger partial charge < -0.3 is 9.84 Å². The number of phosphoric acid groups is 1. The molecule has 0 aliphatic heterocycles. The summed E-state index contributed by atoms with van der Waals surface area (Å²) < 4.78 is 35.2. The van der Waals surface area contributed by atoms with E-state index in [0.717, 1.165) is 5.56 Å². The average molecular weight is 614 g/mol. The minimum atomic E-state index is -3.58. The van der Waals surface area contributed by atoms with E-state index in [0.29, 0.717) is 50.5 Å². The van der Waals surface area contributed by atoms with Crippen LogP contribution in [0.1, 0.15) is 46.6 Å². The lowest BCUT2D eigenvalue weighted by molar-refractivity contribution is -0.133. The molecule has 222 valence electrons. The molecule has 1 aromatic heterocycles. The van der Waals surface area contributed by atoms with Crippen LogP contribution in [0.2, 0.25) is 5.02 Å². The Morgan fingerprint density at radius 3 is 2.17 bits per heavy atom. The molecule has 0 saturated carbocycles. The van der Waals surface area contributed by atoms with Crippen molar-refractivity contribution < 1.29 is 37.6 Å². The number of ether oxygens (including phenoxy) is 1. The van der Waals surface area contributed by atoms with Gasteiger partial charge in [0.25, 0.3) is 5.91 Å². The molecule has 0 radical (unpaired) electrons. The first kappa shape index (κ1) is 31.6. The van der Waals surface area contributed by atoms with Crippen LogP contribution >= 0.6 is 19.4 Å². The highest BCUT2D eigenvalue weighted by Gasteiger charge is 2.25. The zero-order valence-corrected chi connectivity index (χ0v) is 25.3. The van der Waals surface area contributed by atoms with Crippen molar-refractivity contribution in [2.75, 3.05) is 19.8 Å². The summed E-state index contributed by atoms with van der Waals surface area (Å²) in [5.74, 6) is -0.409. The van der Waals surface area contributed by atoms with Gasteiger partial charge in [0.15, 0.2) is 0 Å². The Bertz CT molecular complexity index is 1590. The first-order chi connectivity index (χ1) is 20.2. The monoisotopic (exact) mass is 613 g/mol. The highest BCUT2D eigenvalue weighted by molar-refractivity contribution is 7.48. The third kappa shape index (κ3) is 7.55. The summed E-state index contributed by atoms with van der Waals surface area (Å²) in [6.07, 6.45) is 0.365. The third-order valence-electron chi connectivity index (χ3n) is 6.57. The molecule has 0 saturated heterocycles. The smallest absolute Gasteiger partial charge is 0.426 e. The average Bonchev–Trinajstić information content (AvgIpc) is 3.24. The summed E-state index contributed by atoms with van der Waals surface area (Å²) >= 11 is 6.00. The van der Waals surface area contributed by atoms with Crippen LogP contribution in [-0.4, -0.2) is 41.4 Å². The van der Waals surface area contributed by atoms with Gasteiger partial charge in [-0.2, -0.15) is 0 Å². The van der Waals surface area contributed by atoms with Crippen LogP contribution in [0.15, 0.2) is 66.7 Å². The van der Waals surface area contributed by atoms with Crippen LogP contribution < -0.4 is 4.74 Å². The normalized spacial score (nSPS) is 11.6. The molecule has 11 heteroatoms. The molecule has 0 aliphatic rings. The number of nitrogens with zero attached hydrogens (tertiary/aromatic N) is 1. The number of esters is 1. The van der Waals surface area contributed by atoms with Gasteiger partial charge in [0.05, 0.1) is 38.4 Å². The molecule has 0 bridgehead atoms. The van der Waals surface area contributed by atoms with Crippen molar-refractivity contribution in [3.63, 3.8) is 0 Å². The highest BCUT2D eigenvalue weighted by atomic mass is 35.5. The Morgan fingerprint density at radius 1 is 0.905 bits per heavy atom. The van der Waals surface area contributed by atoms with Crippen molar-refractivity contribution in [3.8, 4) is 5.75 Å². The minimum absolute atomic E-state index is 0.0855. The lowest BCUT2D eigenvalue weighted by Gasteiger charge is -2.16. The summed E-state index contributed by atoms with van der Waals surface area (Å²) in [5, 5.41) is 10.9. The van der Waals surface area contributed by atoms with Crippen molar-refractivity contribution in [1.82, 2.24) is 4.57 Å². The number of phosphoric ester groups is 1. The number of benzene rings is 3. The highest BCUT2D eigenvalue weighted by Crippen LogP contribution is 2.49. The molecule has 9 nitrogen and oxygen atoms in total. The Hall–Kier alpha value is -3.30. The molecule has 0 aliphatic carbocycles. The van der Waals surface area contributed by atoms with Gasteiger partial charge in [0.1, 0.15) is 5.75 Å². The van der Waals surface area contributed by atoms with Gasteiger partial charge in [-0.25, -0.2) is 4.57 Å². The Labute approximate surface area is 249 Å². The van der Waals surface area contributed by atoms with Gasteiger partial charge in [0, 0.05) is 21.7 Å². The number of hydrogen-bond donors (Lipinski definition) is 1. The van der Waals surface area contributed by atoms with E-state index < -0.39 is 13.8 Å². The second-order valence-electron chi connectivity index (χ2n) is 9.38. The summed E-state index contributed by atoms with van der Waals surface area (Å²) in [5.41, 5.74) is 3.84.